The summed E-state index contributed by atoms with van der Waals surface area (Å²) in [5.74, 6) is -2.44. The number of amides is 1. The number of carbonyl (C=O) groups excluding carboxylic acids is 1. The average Bonchev–Trinajstić information content (AvgIpc) is 3.24. The molecule has 0 saturated carbocycles. The van der Waals surface area contributed by atoms with E-state index in [-0.39, 0.29) is 35.4 Å². The molecule has 4 rings (SSSR count). The summed E-state index contributed by atoms with van der Waals surface area (Å²) < 4.78 is 25.4. The first kappa shape index (κ1) is 27.6. The van der Waals surface area contributed by atoms with Crippen molar-refractivity contribution in [3.63, 3.8) is 0 Å². The van der Waals surface area contributed by atoms with E-state index in [0.717, 1.165) is 5.56 Å². The van der Waals surface area contributed by atoms with Crippen LogP contribution in [0.15, 0.2) is 28.8 Å². The van der Waals surface area contributed by atoms with Crippen molar-refractivity contribution in [1.29, 1.82) is 0 Å². The number of nitrogens with two attached hydrogens (primary N) is 1. The minimum atomic E-state index is -3.90. The second kappa shape index (κ2) is 10.4. The number of likely N-dealkylation sites (tertiary alicyclic amines) is 1. The Hall–Kier alpha value is -1.38. The van der Waals surface area contributed by atoms with Crippen molar-refractivity contribution in [3.8, 4) is 0 Å². The van der Waals surface area contributed by atoms with Crippen molar-refractivity contribution in [2.75, 3.05) is 13.1 Å². The van der Waals surface area contributed by atoms with Crippen LogP contribution < -0.4 is 9.86 Å². The van der Waals surface area contributed by atoms with Gasteiger partial charge in [-0.3, -0.25) is 9.69 Å². The van der Waals surface area contributed by atoms with Gasteiger partial charge in [-0.2, -0.15) is 8.42 Å². The average molecular weight is 580 g/mol. The highest BCUT2D eigenvalue weighted by molar-refractivity contribution is 8.03. The number of carboxylic acids is 1. The summed E-state index contributed by atoms with van der Waals surface area (Å²) in [4.78, 5) is 28.7. The molecule has 36 heavy (non-hydrogen) atoms. The first-order valence-corrected chi connectivity index (χ1v) is 14.6. The van der Waals surface area contributed by atoms with Gasteiger partial charge < -0.3 is 15.1 Å². The second-order valence-corrected chi connectivity index (χ2v) is 13.0. The van der Waals surface area contributed by atoms with Gasteiger partial charge in [-0.1, -0.05) is 36.2 Å². The first-order valence-electron chi connectivity index (χ1n) is 11.4. The number of aliphatic hydroxyl groups is 1. The molecule has 1 amide bonds. The number of rotatable bonds is 9. The molecule has 2 fully saturated rings. The first-order chi connectivity index (χ1) is 16.8. The number of fused-ring (bicyclic) bond motifs is 1. The number of hydrogen-bond donors (Lipinski definition) is 4. The standard InChI is InChI=1S/C22H28Cl2N4O6S2/c1-10-18-17(11(2)29)21(30)28(18)19(22(31)32)20(10)35-15-6-14(7-26-36(25,33)34)27(9-15)8-12-3-4-13(23)5-16(12)24/h3-5,10-11,14-15,17-18,26,29H,6-9H2,1-2H3,(H,31,32)(H2,25,33,34)/t10-,11-,14+,15+,17-,18-/m1/s1. The Morgan fingerprint density at radius 2 is 2.06 bits per heavy atom. The highest BCUT2D eigenvalue weighted by Crippen LogP contribution is 2.52. The van der Waals surface area contributed by atoms with Crippen molar-refractivity contribution >= 4 is 57.0 Å². The zero-order valence-electron chi connectivity index (χ0n) is 19.6. The Morgan fingerprint density at radius 1 is 1.36 bits per heavy atom. The van der Waals surface area contributed by atoms with Gasteiger partial charge in [0.25, 0.3) is 10.2 Å². The maximum Gasteiger partial charge on any atom is 0.353 e. The van der Waals surface area contributed by atoms with Crippen LogP contribution in [0.2, 0.25) is 10.0 Å². The number of nitrogens with one attached hydrogen (secondary N) is 1. The molecule has 3 aliphatic heterocycles. The molecule has 0 spiro atoms. The number of carboxylic acid groups (broad SMARTS) is 1. The molecule has 0 radical (unpaired) electrons. The van der Waals surface area contributed by atoms with E-state index in [1.54, 1.807) is 12.1 Å². The van der Waals surface area contributed by atoms with Crippen LogP contribution in [0.25, 0.3) is 0 Å². The van der Waals surface area contributed by atoms with E-state index in [2.05, 4.69) is 9.62 Å². The maximum absolute atomic E-state index is 12.6. The lowest BCUT2D eigenvalue weighted by Gasteiger charge is -2.46. The fourth-order valence-electron chi connectivity index (χ4n) is 5.37. The Labute approximate surface area is 224 Å². The fourth-order valence-corrected chi connectivity index (χ4v) is 7.86. The van der Waals surface area contributed by atoms with E-state index >= 15 is 0 Å². The molecule has 1 aromatic rings. The smallest absolute Gasteiger partial charge is 0.353 e. The molecule has 10 nitrogen and oxygen atoms in total. The molecular weight excluding hydrogens is 551 g/mol. The van der Waals surface area contributed by atoms with Gasteiger partial charge in [0.1, 0.15) is 5.70 Å². The molecule has 3 heterocycles. The molecule has 6 atom stereocenters. The lowest BCUT2D eigenvalue weighted by molar-refractivity contribution is -0.163. The number of β-lactam (4-membered cyclic amide) rings is 1. The number of thioether (sulfide) groups is 1. The molecule has 14 heteroatoms. The lowest BCUT2D eigenvalue weighted by atomic mass is 9.79. The van der Waals surface area contributed by atoms with E-state index in [4.69, 9.17) is 28.3 Å². The van der Waals surface area contributed by atoms with Crippen LogP contribution in [-0.4, -0.2) is 76.8 Å². The van der Waals surface area contributed by atoms with Crippen LogP contribution in [0.1, 0.15) is 25.8 Å². The number of carbonyl (C=O) groups is 2. The predicted molar refractivity (Wildman–Crippen MR) is 137 cm³/mol. The lowest BCUT2D eigenvalue weighted by Crippen LogP contribution is -2.63. The van der Waals surface area contributed by atoms with E-state index in [0.29, 0.717) is 34.5 Å². The molecule has 0 aromatic heterocycles. The molecule has 198 valence electrons. The van der Waals surface area contributed by atoms with Crippen LogP contribution in [0.5, 0.6) is 0 Å². The molecule has 0 unspecified atom stereocenters. The molecule has 0 bridgehead atoms. The van der Waals surface area contributed by atoms with Crippen molar-refractivity contribution in [2.24, 2.45) is 17.0 Å². The minimum absolute atomic E-state index is 0.0298. The third-order valence-corrected chi connectivity index (χ3v) is 9.65. The van der Waals surface area contributed by atoms with Gasteiger partial charge in [0.2, 0.25) is 5.91 Å². The SMILES string of the molecule is C[C@@H](O)[C@H]1C(=O)N2C(C(=O)O)=C(S[C@H]3C[C@@H](CNS(N)(=O)=O)N(Cc4ccc(Cl)cc4Cl)C3)[C@H](C)[C@H]12. The summed E-state index contributed by atoms with van der Waals surface area (Å²) in [6, 6.07) is 4.57. The summed E-state index contributed by atoms with van der Waals surface area (Å²) in [5, 5.41) is 26.0. The van der Waals surface area contributed by atoms with E-state index in [1.807, 2.05) is 13.0 Å². The summed E-state index contributed by atoms with van der Waals surface area (Å²) >= 11 is 13.8. The molecule has 2 saturated heterocycles. The molecular formula is C22H28Cl2N4O6S2. The molecule has 0 aliphatic carbocycles. The van der Waals surface area contributed by atoms with Crippen LogP contribution in [-0.2, 0) is 26.3 Å². The largest absolute Gasteiger partial charge is 0.477 e. The Kier molecular flexibility index (Phi) is 8.00. The van der Waals surface area contributed by atoms with Crippen LogP contribution in [0.4, 0.5) is 0 Å². The van der Waals surface area contributed by atoms with Gasteiger partial charge >= 0.3 is 5.97 Å². The Morgan fingerprint density at radius 3 is 2.64 bits per heavy atom. The number of aliphatic carboxylic acids is 1. The molecule has 3 aliphatic rings. The quantitative estimate of drug-likeness (QED) is 0.322. The number of benzene rings is 1. The number of nitrogens with zero attached hydrogens (tertiary/aromatic N) is 2. The van der Waals surface area contributed by atoms with Gasteiger partial charge in [-0.25, -0.2) is 14.7 Å². The van der Waals surface area contributed by atoms with Crippen molar-refractivity contribution < 1.29 is 28.2 Å². The van der Waals surface area contributed by atoms with E-state index < -0.39 is 34.2 Å². The van der Waals surface area contributed by atoms with Gasteiger partial charge in [0.15, 0.2) is 0 Å². The number of hydrogen-bond acceptors (Lipinski definition) is 7. The summed E-state index contributed by atoms with van der Waals surface area (Å²) in [5.41, 5.74) is 0.791. The third kappa shape index (κ3) is 5.41. The molecule has 1 aromatic carbocycles. The highest BCUT2D eigenvalue weighted by Gasteiger charge is 2.60. The topological polar surface area (TPSA) is 153 Å². The van der Waals surface area contributed by atoms with E-state index in [1.165, 1.54) is 23.6 Å². The van der Waals surface area contributed by atoms with Gasteiger partial charge in [-0.15, -0.1) is 11.8 Å². The Balaban J connectivity index is 1.56. The predicted octanol–water partition coefficient (Wildman–Crippen LogP) is 1.62. The zero-order valence-corrected chi connectivity index (χ0v) is 22.7. The summed E-state index contributed by atoms with van der Waals surface area (Å²) in [7, 11) is -3.90. The minimum Gasteiger partial charge on any atom is -0.477 e. The van der Waals surface area contributed by atoms with Crippen molar-refractivity contribution in [1.82, 2.24) is 14.5 Å². The maximum atomic E-state index is 12.6. The van der Waals surface area contributed by atoms with Crippen LogP contribution >= 0.6 is 35.0 Å². The number of halogens is 2. The Bertz CT molecular complexity index is 1210. The highest BCUT2D eigenvalue weighted by atomic mass is 35.5. The van der Waals surface area contributed by atoms with Gasteiger partial charge in [0.05, 0.1) is 18.1 Å². The summed E-state index contributed by atoms with van der Waals surface area (Å²) in [6.07, 6.45) is -0.319. The monoisotopic (exact) mass is 578 g/mol. The molecule has 5 N–H and O–H groups in total. The second-order valence-electron chi connectivity index (χ2n) is 9.46. The van der Waals surface area contributed by atoms with Crippen LogP contribution in [0, 0.1) is 11.8 Å². The third-order valence-electron chi connectivity index (χ3n) is 7.00. The van der Waals surface area contributed by atoms with Crippen LogP contribution in [0.3, 0.4) is 0 Å². The van der Waals surface area contributed by atoms with Crippen molar-refractivity contribution in [3.05, 3.63) is 44.4 Å². The zero-order chi connectivity index (χ0) is 26.5. The summed E-state index contributed by atoms with van der Waals surface area (Å²) in [6.45, 7) is 4.46. The normalized spacial score (nSPS) is 29.4. The fraction of sp³-hybridized carbons (Fsp3) is 0.545. The van der Waals surface area contributed by atoms with E-state index in [9.17, 15) is 28.2 Å². The van der Waals surface area contributed by atoms with Gasteiger partial charge in [0, 0.05) is 51.8 Å². The van der Waals surface area contributed by atoms with Crippen molar-refractivity contribution in [2.45, 2.75) is 50.3 Å². The number of aliphatic hydroxyl groups excluding tert-OH is 1. The van der Waals surface area contributed by atoms with Gasteiger partial charge in [-0.05, 0) is 31.0 Å².